The molecule has 0 unspecified atom stereocenters. The molecule has 0 radical (unpaired) electrons. The van der Waals surface area contributed by atoms with Crippen molar-refractivity contribution in [3.8, 4) is 0 Å². The molecule has 0 aromatic carbocycles. The van der Waals surface area contributed by atoms with Crippen molar-refractivity contribution in [3.05, 3.63) is 27.6 Å². The highest BCUT2D eigenvalue weighted by Crippen LogP contribution is 2.08. The van der Waals surface area contributed by atoms with Gasteiger partial charge in [0, 0.05) is 38.9 Å². The molecular formula is C11H16IN3. The quantitative estimate of drug-likeness (QED) is 0.608. The van der Waals surface area contributed by atoms with Crippen LogP contribution in [0.15, 0.2) is 18.3 Å². The Hall–Kier alpha value is -0.200. The zero-order chi connectivity index (χ0) is 10.7. The summed E-state index contributed by atoms with van der Waals surface area (Å²) in [6.07, 6.45) is 1.99. The zero-order valence-corrected chi connectivity index (χ0v) is 11.1. The second-order valence-electron chi connectivity index (χ2n) is 4.07. The van der Waals surface area contributed by atoms with Crippen molar-refractivity contribution < 1.29 is 0 Å². The third-order valence-corrected chi connectivity index (χ3v) is 3.43. The molecule has 1 aliphatic heterocycles. The fourth-order valence-corrected chi connectivity index (χ4v) is 2.08. The van der Waals surface area contributed by atoms with Crippen LogP contribution in [0, 0.1) is 3.70 Å². The van der Waals surface area contributed by atoms with Crippen molar-refractivity contribution in [2.45, 2.75) is 6.54 Å². The van der Waals surface area contributed by atoms with Crippen LogP contribution in [0.4, 0.5) is 0 Å². The van der Waals surface area contributed by atoms with E-state index >= 15 is 0 Å². The topological polar surface area (TPSA) is 19.4 Å². The molecule has 1 aromatic rings. The van der Waals surface area contributed by atoms with Crippen LogP contribution in [-0.4, -0.2) is 48.0 Å². The van der Waals surface area contributed by atoms with E-state index in [9.17, 15) is 0 Å². The van der Waals surface area contributed by atoms with Gasteiger partial charge in [0.1, 0.15) is 3.70 Å². The molecule has 1 aromatic heterocycles. The first-order valence-corrected chi connectivity index (χ1v) is 6.33. The summed E-state index contributed by atoms with van der Waals surface area (Å²) in [6.45, 7) is 5.73. The second-order valence-corrected chi connectivity index (χ2v) is 5.17. The van der Waals surface area contributed by atoms with Crippen molar-refractivity contribution in [1.29, 1.82) is 0 Å². The first-order chi connectivity index (χ1) is 7.24. The summed E-state index contributed by atoms with van der Waals surface area (Å²) >= 11 is 2.24. The van der Waals surface area contributed by atoms with Gasteiger partial charge in [-0.3, -0.25) is 9.88 Å². The molecule has 0 N–H and O–H groups in total. The predicted molar refractivity (Wildman–Crippen MR) is 69.7 cm³/mol. The molecule has 2 heterocycles. The minimum Gasteiger partial charge on any atom is -0.304 e. The Kier molecular flexibility index (Phi) is 3.93. The van der Waals surface area contributed by atoms with Gasteiger partial charge < -0.3 is 4.90 Å². The molecule has 1 aliphatic rings. The van der Waals surface area contributed by atoms with Crippen molar-refractivity contribution in [1.82, 2.24) is 14.8 Å². The number of nitrogens with zero attached hydrogens (tertiary/aromatic N) is 3. The summed E-state index contributed by atoms with van der Waals surface area (Å²) in [6, 6.07) is 4.25. The van der Waals surface area contributed by atoms with Crippen LogP contribution in [0.1, 0.15) is 5.56 Å². The van der Waals surface area contributed by atoms with E-state index in [1.165, 1.54) is 31.7 Å². The lowest BCUT2D eigenvalue weighted by Gasteiger charge is -2.32. The molecule has 1 fully saturated rings. The molecule has 0 spiro atoms. The fourth-order valence-electron chi connectivity index (χ4n) is 1.76. The molecule has 0 bridgehead atoms. The normalized spacial score (nSPS) is 19.3. The molecule has 0 atom stereocenters. The average Bonchev–Trinajstić information content (AvgIpc) is 2.25. The Morgan fingerprint density at radius 2 is 2.00 bits per heavy atom. The molecule has 0 saturated carbocycles. The van der Waals surface area contributed by atoms with E-state index < -0.39 is 0 Å². The highest BCUT2D eigenvalue weighted by Gasteiger charge is 2.13. The van der Waals surface area contributed by atoms with Crippen LogP contribution >= 0.6 is 22.6 Å². The van der Waals surface area contributed by atoms with Crippen LogP contribution in [0.5, 0.6) is 0 Å². The van der Waals surface area contributed by atoms with Crippen LogP contribution < -0.4 is 0 Å². The monoisotopic (exact) mass is 317 g/mol. The standard InChI is InChI=1S/C11H16IN3/c1-14-4-6-15(7-5-14)9-10-2-3-11(12)13-8-10/h2-3,8H,4-7,9H2,1H3. The van der Waals surface area contributed by atoms with E-state index in [4.69, 9.17) is 0 Å². The van der Waals surface area contributed by atoms with Gasteiger partial charge in [-0.25, -0.2) is 0 Å². The Balaban J connectivity index is 1.89. The molecule has 0 amide bonds. The highest BCUT2D eigenvalue weighted by molar-refractivity contribution is 14.1. The molecule has 15 heavy (non-hydrogen) atoms. The van der Waals surface area contributed by atoms with Crippen molar-refractivity contribution in [3.63, 3.8) is 0 Å². The number of piperazine rings is 1. The van der Waals surface area contributed by atoms with Crippen LogP contribution in [-0.2, 0) is 6.54 Å². The van der Waals surface area contributed by atoms with Crippen LogP contribution in [0.3, 0.4) is 0 Å². The summed E-state index contributed by atoms with van der Waals surface area (Å²) in [4.78, 5) is 9.18. The average molecular weight is 317 g/mol. The van der Waals surface area contributed by atoms with E-state index in [1.807, 2.05) is 6.20 Å². The van der Waals surface area contributed by atoms with E-state index in [-0.39, 0.29) is 0 Å². The summed E-state index contributed by atoms with van der Waals surface area (Å²) in [7, 11) is 2.18. The number of hydrogen-bond donors (Lipinski definition) is 0. The lowest BCUT2D eigenvalue weighted by atomic mass is 10.2. The van der Waals surface area contributed by atoms with Crippen LogP contribution in [0.2, 0.25) is 0 Å². The van der Waals surface area contributed by atoms with Crippen molar-refractivity contribution in [2.24, 2.45) is 0 Å². The van der Waals surface area contributed by atoms with Gasteiger partial charge in [0.25, 0.3) is 0 Å². The number of likely N-dealkylation sites (N-methyl/N-ethyl adjacent to an activating group) is 1. The Morgan fingerprint density at radius 3 is 2.60 bits per heavy atom. The molecular weight excluding hydrogens is 301 g/mol. The second kappa shape index (κ2) is 5.23. The molecule has 82 valence electrons. The van der Waals surface area contributed by atoms with Gasteiger partial charge in [0.15, 0.2) is 0 Å². The van der Waals surface area contributed by atoms with Gasteiger partial charge in [-0.1, -0.05) is 6.07 Å². The fraction of sp³-hybridized carbons (Fsp3) is 0.545. The summed E-state index contributed by atoms with van der Waals surface area (Å²) in [5, 5.41) is 0. The highest BCUT2D eigenvalue weighted by atomic mass is 127. The smallest absolute Gasteiger partial charge is 0.101 e. The van der Waals surface area contributed by atoms with Gasteiger partial charge >= 0.3 is 0 Å². The SMILES string of the molecule is CN1CCN(Cc2ccc(I)nc2)CC1. The number of pyridine rings is 1. The maximum atomic E-state index is 4.31. The largest absolute Gasteiger partial charge is 0.304 e. The van der Waals surface area contributed by atoms with Gasteiger partial charge in [-0.05, 0) is 41.3 Å². The van der Waals surface area contributed by atoms with Gasteiger partial charge in [-0.2, -0.15) is 0 Å². The van der Waals surface area contributed by atoms with E-state index in [0.29, 0.717) is 0 Å². The van der Waals surface area contributed by atoms with Gasteiger partial charge in [0.2, 0.25) is 0 Å². The molecule has 2 rings (SSSR count). The zero-order valence-electron chi connectivity index (χ0n) is 8.99. The van der Waals surface area contributed by atoms with E-state index in [2.05, 4.69) is 56.6 Å². The number of hydrogen-bond acceptors (Lipinski definition) is 3. The number of aromatic nitrogens is 1. The third kappa shape index (κ3) is 3.39. The Labute approximate surface area is 105 Å². The van der Waals surface area contributed by atoms with Gasteiger partial charge in [0.05, 0.1) is 0 Å². The molecule has 0 aliphatic carbocycles. The summed E-state index contributed by atoms with van der Waals surface area (Å²) in [5.41, 5.74) is 1.32. The van der Waals surface area contributed by atoms with E-state index in [1.54, 1.807) is 0 Å². The van der Waals surface area contributed by atoms with Gasteiger partial charge in [-0.15, -0.1) is 0 Å². The van der Waals surface area contributed by atoms with Crippen LogP contribution in [0.25, 0.3) is 0 Å². The Morgan fingerprint density at radius 1 is 1.27 bits per heavy atom. The minimum absolute atomic E-state index is 1.04. The summed E-state index contributed by atoms with van der Waals surface area (Å²) in [5.74, 6) is 0. The molecule has 4 heteroatoms. The van der Waals surface area contributed by atoms with Crippen molar-refractivity contribution >= 4 is 22.6 Å². The maximum absolute atomic E-state index is 4.31. The third-order valence-electron chi connectivity index (χ3n) is 2.79. The van der Waals surface area contributed by atoms with E-state index in [0.717, 1.165) is 10.2 Å². The maximum Gasteiger partial charge on any atom is 0.101 e. The number of halogens is 1. The predicted octanol–water partition coefficient (Wildman–Crippen LogP) is 1.43. The van der Waals surface area contributed by atoms with Crippen molar-refractivity contribution in [2.75, 3.05) is 33.2 Å². The first kappa shape index (κ1) is 11.3. The Bertz CT molecular complexity index is 304. The number of rotatable bonds is 2. The summed E-state index contributed by atoms with van der Waals surface area (Å²) < 4.78 is 1.06. The lowest BCUT2D eigenvalue weighted by Crippen LogP contribution is -2.43. The first-order valence-electron chi connectivity index (χ1n) is 5.25. The molecule has 3 nitrogen and oxygen atoms in total. The lowest BCUT2D eigenvalue weighted by molar-refractivity contribution is 0.148. The molecule has 1 saturated heterocycles. The minimum atomic E-state index is 1.04.